The summed E-state index contributed by atoms with van der Waals surface area (Å²) in [6, 6.07) is 4.38. The van der Waals surface area contributed by atoms with E-state index in [0.717, 1.165) is 5.56 Å². The lowest BCUT2D eigenvalue weighted by Crippen LogP contribution is -2.00. The number of phosphoric ester groups is 1. The predicted molar refractivity (Wildman–Crippen MR) is 64.6 cm³/mol. The highest BCUT2D eigenvalue weighted by Gasteiger charge is 2.19. The third-order valence-corrected chi connectivity index (χ3v) is 2.97. The zero-order valence-electron chi connectivity index (χ0n) is 9.71. The van der Waals surface area contributed by atoms with E-state index in [-0.39, 0.29) is 11.3 Å². The molecule has 6 nitrogen and oxygen atoms in total. The van der Waals surface area contributed by atoms with Gasteiger partial charge in [0.15, 0.2) is 0 Å². The Balaban J connectivity index is 2.71. The molecule has 0 spiro atoms. The number of fused-ring (bicyclic) bond motifs is 1. The smallest absolute Gasteiger partial charge is 0.422 e. The minimum atomic E-state index is -4.64. The summed E-state index contributed by atoms with van der Waals surface area (Å²) in [6.45, 7) is 3.32. The molecule has 0 unspecified atom stereocenters. The van der Waals surface area contributed by atoms with Crippen LogP contribution in [0, 0.1) is 13.8 Å². The van der Waals surface area contributed by atoms with Crippen LogP contribution in [0.1, 0.15) is 11.1 Å². The van der Waals surface area contributed by atoms with Gasteiger partial charge < -0.3 is 8.94 Å². The first kappa shape index (κ1) is 12.8. The summed E-state index contributed by atoms with van der Waals surface area (Å²) in [5, 5.41) is 0.699. The first-order chi connectivity index (χ1) is 8.28. The standard InChI is InChI=1S/C11H11O6P/c1-6-5-10(12)16-11-7(2)9(4-3-8(6)11)17-18(13,14)15/h3-5H,1-2H3,(H2,13,14,15). The highest BCUT2D eigenvalue weighted by molar-refractivity contribution is 7.46. The Kier molecular flexibility index (Phi) is 3.02. The van der Waals surface area contributed by atoms with Gasteiger partial charge in [0.2, 0.25) is 0 Å². The van der Waals surface area contributed by atoms with Gasteiger partial charge in [-0.1, -0.05) is 0 Å². The Morgan fingerprint density at radius 2 is 1.94 bits per heavy atom. The van der Waals surface area contributed by atoms with Gasteiger partial charge in [-0.25, -0.2) is 9.36 Å². The maximum atomic E-state index is 11.3. The molecule has 0 saturated carbocycles. The lowest BCUT2D eigenvalue weighted by atomic mass is 10.1. The van der Waals surface area contributed by atoms with Gasteiger partial charge >= 0.3 is 13.4 Å². The predicted octanol–water partition coefficient (Wildman–Crippen LogP) is 1.88. The van der Waals surface area contributed by atoms with Crippen LogP contribution in [0.25, 0.3) is 11.0 Å². The second-order valence-electron chi connectivity index (χ2n) is 3.90. The van der Waals surface area contributed by atoms with Crippen molar-refractivity contribution in [1.29, 1.82) is 0 Å². The third-order valence-electron chi connectivity index (χ3n) is 2.54. The van der Waals surface area contributed by atoms with Crippen LogP contribution >= 0.6 is 7.82 Å². The number of phosphoric acid groups is 1. The van der Waals surface area contributed by atoms with Gasteiger partial charge in [-0.2, -0.15) is 0 Å². The van der Waals surface area contributed by atoms with Gasteiger partial charge in [-0.15, -0.1) is 0 Å². The normalized spacial score (nSPS) is 11.8. The molecule has 2 rings (SSSR count). The molecule has 0 aliphatic rings. The molecule has 96 valence electrons. The first-order valence-corrected chi connectivity index (χ1v) is 6.60. The molecule has 0 aliphatic carbocycles. The zero-order chi connectivity index (χ0) is 13.5. The Bertz CT molecular complexity index is 711. The van der Waals surface area contributed by atoms with Crippen molar-refractivity contribution in [3.05, 3.63) is 39.7 Å². The molecule has 0 amide bonds. The minimum Gasteiger partial charge on any atom is -0.422 e. The summed E-state index contributed by atoms with van der Waals surface area (Å²) in [6.07, 6.45) is 0. The largest absolute Gasteiger partial charge is 0.524 e. The second-order valence-corrected chi connectivity index (χ2v) is 5.06. The average molecular weight is 270 g/mol. The van der Waals surface area contributed by atoms with Crippen LogP contribution in [-0.4, -0.2) is 9.79 Å². The van der Waals surface area contributed by atoms with Gasteiger partial charge in [0, 0.05) is 17.0 Å². The van der Waals surface area contributed by atoms with Crippen LogP contribution in [-0.2, 0) is 4.57 Å². The van der Waals surface area contributed by atoms with Crippen molar-refractivity contribution in [3.63, 3.8) is 0 Å². The van der Waals surface area contributed by atoms with Crippen molar-refractivity contribution in [2.45, 2.75) is 13.8 Å². The summed E-state index contributed by atoms with van der Waals surface area (Å²) in [5.74, 6) is -0.00965. The van der Waals surface area contributed by atoms with E-state index >= 15 is 0 Å². The molecule has 0 aliphatic heterocycles. The molecule has 0 fully saturated rings. The molecular weight excluding hydrogens is 259 g/mol. The lowest BCUT2D eigenvalue weighted by molar-refractivity contribution is 0.282. The topological polar surface area (TPSA) is 97.0 Å². The Hall–Kier alpha value is -1.62. The molecule has 7 heteroatoms. The number of rotatable bonds is 2. The Morgan fingerprint density at radius 1 is 1.28 bits per heavy atom. The molecule has 2 aromatic rings. The average Bonchev–Trinajstić information content (AvgIpc) is 2.21. The number of hydrogen-bond acceptors (Lipinski definition) is 4. The summed E-state index contributed by atoms with van der Waals surface area (Å²) in [4.78, 5) is 28.8. The van der Waals surface area contributed by atoms with Crippen molar-refractivity contribution in [2.75, 3.05) is 0 Å². The summed E-state index contributed by atoms with van der Waals surface area (Å²) in [7, 11) is -4.64. The number of benzene rings is 1. The van der Waals surface area contributed by atoms with Crippen molar-refractivity contribution >= 4 is 18.8 Å². The van der Waals surface area contributed by atoms with Crippen LogP contribution in [0.5, 0.6) is 5.75 Å². The maximum Gasteiger partial charge on any atom is 0.524 e. The molecule has 18 heavy (non-hydrogen) atoms. The van der Waals surface area contributed by atoms with E-state index < -0.39 is 13.4 Å². The molecule has 0 bridgehead atoms. The Morgan fingerprint density at radius 3 is 2.56 bits per heavy atom. The van der Waals surface area contributed by atoms with Crippen LogP contribution in [0.15, 0.2) is 27.4 Å². The summed E-state index contributed by atoms with van der Waals surface area (Å²) >= 11 is 0. The summed E-state index contributed by atoms with van der Waals surface area (Å²) in [5.41, 5.74) is 0.853. The molecule has 0 saturated heterocycles. The maximum absolute atomic E-state index is 11.3. The van der Waals surface area contributed by atoms with Crippen LogP contribution < -0.4 is 10.1 Å². The monoisotopic (exact) mass is 270 g/mol. The van der Waals surface area contributed by atoms with E-state index in [1.807, 2.05) is 0 Å². The van der Waals surface area contributed by atoms with E-state index in [9.17, 15) is 9.36 Å². The number of hydrogen-bond donors (Lipinski definition) is 2. The van der Waals surface area contributed by atoms with Gasteiger partial charge in [0.1, 0.15) is 11.3 Å². The zero-order valence-corrected chi connectivity index (χ0v) is 10.6. The van der Waals surface area contributed by atoms with Gasteiger partial charge in [0.25, 0.3) is 0 Å². The van der Waals surface area contributed by atoms with E-state index in [1.165, 1.54) is 12.1 Å². The fourth-order valence-electron chi connectivity index (χ4n) is 1.73. The highest BCUT2D eigenvalue weighted by atomic mass is 31.2. The molecule has 2 N–H and O–H groups in total. The highest BCUT2D eigenvalue weighted by Crippen LogP contribution is 2.40. The fraction of sp³-hybridized carbons (Fsp3) is 0.182. The van der Waals surface area contributed by atoms with E-state index in [2.05, 4.69) is 4.52 Å². The van der Waals surface area contributed by atoms with Crippen molar-refractivity contribution in [1.82, 2.24) is 0 Å². The third kappa shape index (κ3) is 2.46. The summed E-state index contributed by atoms with van der Waals surface area (Å²) < 4.78 is 20.4. The number of aryl methyl sites for hydroxylation is 2. The molecule has 0 atom stereocenters. The van der Waals surface area contributed by atoms with Crippen LogP contribution in [0.4, 0.5) is 0 Å². The second kappa shape index (κ2) is 4.24. The Labute approximate surface area is 102 Å². The molecular formula is C11H11O6P. The molecule has 0 radical (unpaired) electrons. The van der Waals surface area contributed by atoms with Crippen molar-refractivity contribution < 1.29 is 23.3 Å². The minimum absolute atomic E-state index is 0.00965. The van der Waals surface area contributed by atoms with E-state index in [1.54, 1.807) is 19.9 Å². The first-order valence-electron chi connectivity index (χ1n) is 5.07. The van der Waals surface area contributed by atoms with Crippen molar-refractivity contribution in [2.24, 2.45) is 0 Å². The SMILES string of the molecule is Cc1cc(=O)oc2c(C)c(OP(=O)(O)O)ccc12. The fourth-order valence-corrected chi connectivity index (χ4v) is 2.18. The van der Waals surface area contributed by atoms with E-state index in [0.29, 0.717) is 10.9 Å². The molecule has 1 aromatic carbocycles. The van der Waals surface area contributed by atoms with Gasteiger partial charge in [-0.05, 0) is 31.5 Å². The quantitative estimate of drug-likeness (QED) is 0.638. The van der Waals surface area contributed by atoms with E-state index in [4.69, 9.17) is 14.2 Å². The van der Waals surface area contributed by atoms with Crippen LogP contribution in [0.3, 0.4) is 0 Å². The van der Waals surface area contributed by atoms with Crippen LogP contribution in [0.2, 0.25) is 0 Å². The lowest BCUT2D eigenvalue weighted by Gasteiger charge is -2.11. The molecule has 1 heterocycles. The van der Waals surface area contributed by atoms with Gasteiger partial charge in [0.05, 0.1) is 0 Å². The molecule has 1 aromatic heterocycles. The van der Waals surface area contributed by atoms with Gasteiger partial charge in [-0.3, -0.25) is 9.79 Å². The van der Waals surface area contributed by atoms with Crippen molar-refractivity contribution in [3.8, 4) is 5.75 Å².